The van der Waals surface area contributed by atoms with Crippen LogP contribution in [0, 0.1) is 6.92 Å². The highest BCUT2D eigenvalue weighted by Gasteiger charge is 2.28. The first kappa shape index (κ1) is 13.4. The van der Waals surface area contributed by atoms with E-state index in [9.17, 15) is 9.90 Å². The van der Waals surface area contributed by atoms with Crippen LogP contribution in [0.3, 0.4) is 0 Å². The smallest absolute Gasteiger partial charge is 0.320 e. The van der Waals surface area contributed by atoms with Gasteiger partial charge >= 0.3 is 5.97 Å². The molecule has 1 aromatic carbocycles. The molecule has 98 valence electrons. The van der Waals surface area contributed by atoms with Crippen LogP contribution in [0.25, 0.3) is 0 Å². The molecule has 1 aromatic rings. The molecular weight excluding hydrogens is 250 g/mol. The number of carboxylic acids is 1. The van der Waals surface area contributed by atoms with Crippen LogP contribution in [0.15, 0.2) is 18.2 Å². The Balaban J connectivity index is 2.10. The predicted octanol–water partition coefficient (Wildman–Crippen LogP) is 3.09. The second kappa shape index (κ2) is 5.72. The fourth-order valence-electron chi connectivity index (χ4n) is 2.50. The molecule has 0 spiro atoms. The van der Waals surface area contributed by atoms with Crippen LogP contribution in [0.1, 0.15) is 30.4 Å². The Morgan fingerprint density at radius 2 is 2.28 bits per heavy atom. The molecule has 0 saturated carbocycles. The maximum absolute atomic E-state index is 11.2. The van der Waals surface area contributed by atoms with E-state index in [1.54, 1.807) is 0 Å². The minimum Gasteiger partial charge on any atom is -0.480 e. The summed E-state index contributed by atoms with van der Waals surface area (Å²) in [5, 5.41) is 9.98. The summed E-state index contributed by atoms with van der Waals surface area (Å²) in [5.41, 5.74) is 2.17. The SMILES string of the molecule is Cc1cc(CN2CCCCC2C(=O)O)ccc1Cl. The molecule has 4 heteroatoms. The number of benzene rings is 1. The van der Waals surface area contributed by atoms with Crippen LogP contribution in [-0.4, -0.2) is 28.6 Å². The summed E-state index contributed by atoms with van der Waals surface area (Å²) >= 11 is 5.99. The van der Waals surface area contributed by atoms with Crippen molar-refractivity contribution >= 4 is 17.6 Å². The van der Waals surface area contributed by atoms with Crippen molar-refractivity contribution in [3.05, 3.63) is 34.3 Å². The summed E-state index contributed by atoms with van der Waals surface area (Å²) in [4.78, 5) is 13.3. The summed E-state index contributed by atoms with van der Waals surface area (Å²) in [7, 11) is 0. The van der Waals surface area contributed by atoms with Gasteiger partial charge in [-0.2, -0.15) is 0 Å². The van der Waals surface area contributed by atoms with Gasteiger partial charge < -0.3 is 5.11 Å². The van der Waals surface area contributed by atoms with Gasteiger partial charge in [-0.3, -0.25) is 9.69 Å². The second-order valence-corrected chi connectivity index (χ2v) is 5.31. The summed E-state index contributed by atoms with van der Waals surface area (Å²) in [6.07, 6.45) is 2.84. The zero-order valence-electron chi connectivity index (χ0n) is 10.5. The molecule has 0 bridgehead atoms. The Morgan fingerprint density at radius 3 is 2.94 bits per heavy atom. The minimum atomic E-state index is -0.708. The lowest BCUT2D eigenvalue weighted by atomic mass is 10.0. The number of hydrogen-bond acceptors (Lipinski definition) is 2. The third-order valence-electron chi connectivity index (χ3n) is 3.51. The van der Waals surface area contributed by atoms with Crippen LogP contribution >= 0.6 is 11.6 Å². The maximum atomic E-state index is 11.2. The van der Waals surface area contributed by atoms with E-state index in [1.807, 2.05) is 25.1 Å². The number of aliphatic carboxylic acids is 1. The molecule has 1 heterocycles. The Kier molecular flexibility index (Phi) is 4.25. The molecule has 1 atom stereocenters. The van der Waals surface area contributed by atoms with Gasteiger partial charge in [-0.1, -0.05) is 30.2 Å². The molecule has 1 aliphatic heterocycles. The van der Waals surface area contributed by atoms with Gasteiger partial charge in [-0.05, 0) is 43.5 Å². The molecule has 1 fully saturated rings. The van der Waals surface area contributed by atoms with Gasteiger partial charge in [-0.25, -0.2) is 0 Å². The molecule has 0 aromatic heterocycles. The van der Waals surface area contributed by atoms with Crippen molar-refractivity contribution in [1.29, 1.82) is 0 Å². The summed E-state index contributed by atoms with van der Waals surface area (Å²) < 4.78 is 0. The third-order valence-corrected chi connectivity index (χ3v) is 3.93. The molecule has 1 unspecified atom stereocenters. The molecule has 0 amide bonds. The lowest BCUT2D eigenvalue weighted by Gasteiger charge is -2.32. The fraction of sp³-hybridized carbons (Fsp3) is 0.500. The van der Waals surface area contributed by atoms with Crippen LogP contribution in [0.2, 0.25) is 5.02 Å². The van der Waals surface area contributed by atoms with E-state index in [1.165, 1.54) is 0 Å². The highest BCUT2D eigenvalue weighted by molar-refractivity contribution is 6.31. The fourth-order valence-corrected chi connectivity index (χ4v) is 2.62. The quantitative estimate of drug-likeness (QED) is 0.915. The topological polar surface area (TPSA) is 40.5 Å². The van der Waals surface area contributed by atoms with Crippen molar-refractivity contribution in [2.24, 2.45) is 0 Å². The molecule has 1 aliphatic rings. The Bertz CT molecular complexity index is 447. The third kappa shape index (κ3) is 3.03. The number of nitrogens with zero attached hydrogens (tertiary/aromatic N) is 1. The van der Waals surface area contributed by atoms with Crippen molar-refractivity contribution in [3.8, 4) is 0 Å². The number of rotatable bonds is 3. The number of hydrogen-bond donors (Lipinski definition) is 1. The van der Waals surface area contributed by atoms with Crippen molar-refractivity contribution in [3.63, 3.8) is 0 Å². The number of carbonyl (C=O) groups is 1. The largest absolute Gasteiger partial charge is 0.480 e. The van der Waals surface area contributed by atoms with Gasteiger partial charge in [0.2, 0.25) is 0 Å². The Hall–Kier alpha value is -1.06. The number of carboxylic acid groups (broad SMARTS) is 1. The van der Waals surface area contributed by atoms with E-state index in [4.69, 9.17) is 11.6 Å². The van der Waals surface area contributed by atoms with E-state index in [2.05, 4.69) is 4.90 Å². The molecule has 2 rings (SSSR count). The average Bonchev–Trinajstić information content (AvgIpc) is 2.34. The molecule has 0 aliphatic carbocycles. The van der Waals surface area contributed by atoms with Crippen LogP contribution in [0.4, 0.5) is 0 Å². The van der Waals surface area contributed by atoms with Crippen LogP contribution in [0.5, 0.6) is 0 Å². The molecule has 1 saturated heterocycles. The van der Waals surface area contributed by atoms with Crippen LogP contribution in [-0.2, 0) is 11.3 Å². The van der Waals surface area contributed by atoms with E-state index >= 15 is 0 Å². The molecule has 18 heavy (non-hydrogen) atoms. The van der Waals surface area contributed by atoms with Crippen molar-refractivity contribution < 1.29 is 9.90 Å². The number of aryl methyl sites for hydroxylation is 1. The van der Waals surface area contributed by atoms with Crippen molar-refractivity contribution in [1.82, 2.24) is 4.90 Å². The summed E-state index contributed by atoms with van der Waals surface area (Å²) in [6.45, 7) is 3.52. The van der Waals surface area contributed by atoms with Gasteiger partial charge in [-0.15, -0.1) is 0 Å². The standard InChI is InChI=1S/C14H18ClNO2/c1-10-8-11(5-6-12(10)15)9-16-7-3-2-4-13(16)14(17)18/h5-6,8,13H,2-4,7,9H2,1H3,(H,17,18). The lowest BCUT2D eigenvalue weighted by Crippen LogP contribution is -2.43. The van der Waals surface area contributed by atoms with Gasteiger partial charge in [0.15, 0.2) is 0 Å². The van der Waals surface area contributed by atoms with E-state index in [0.29, 0.717) is 6.54 Å². The van der Waals surface area contributed by atoms with E-state index in [0.717, 1.165) is 42.0 Å². The van der Waals surface area contributed by atoms with Crippen molar-refractivity contribution in [2.75, 3.05) is 6.54 Å². The first-order valence-electron chi connectivity index (χ1n) is 6.30. The molecule has 0 radical (unpaired) electrons. The van der Waals surface area contributed by atoms with E-state index in [-0.39, 0.29) is 6.04 Å². The number of likely N-dealkylation sites (tertiary alicyclic amines) is 1. The summed E-state index contributed by atoms with van der Waals surface area (Å²) in [5.74, 6) is -0.708. The molecule has 3 nitrogen and oxygen atoms in total. The van der Waals surface area contributed by atoms with Gasteiger partial charge in [0, 0.05) is 11.6 Å². The number of piperidine rings is 1. The van der Waals surface area contributed by atoms with Gasteiger partial charge in [0.1, 0.15) is 6.04 Å². The Labute approximate surface area is 112 Å². The summed E-state index contributed by atoms with van der Waals surface area (Å²) in [6, 6.07) is 5.56. The van der Waals surface area contributed by atoms with E-state index < -0.39 is 5.97 Å². The maximum Gasteiger partial charge on any atom is 0.320 e. The lowest BCUT2D eigenvalue weighted by molar-refractivity contribution is -0.144. The average molecular weight is 268 g/mol. The molecular formula is C14H18ClNO2. The highest BCUT2D eigenvalue weighted by Crippen LogP contribution is 2.22. The van der Waals surface area contributed by atoms with Gasteiger partial charge in [0.05, 0.1) is 0 Å². The van der Waals surface area contributed by atoms with Gasteiger partial charge in [0.25, 0.3) is 0 Å². The highest BCUT2D eigenvalue weighted by atomic mass is 35.5. The first-order valence-corrected chi connectivity index (χ1v) is 6.67. The predicted molar refractivity (Wildman–Crippen MR) is 71.9 cm³/mol. The second-order valence-electron chi connectivity index (χ2n) is 4.90. The van der Waals surface area contributed by atoms with Crippen LogP contribution < -0.4 is 0 Å². The minimum absolute atomic E-state index is 0.338. The zero-order valence-corrected chi connectivity index (χ0v) is 11.3. The number of halogens is 1. The Morgan fingerprint density at radius 1 is 1.50 bits per heavy atom. The monoisotopic (exact) mass is 267 g/mol. The van der Waals surface area contributed by atoms with Crippen molar-refractivity contribution in [2.45, 2.75) is 38.8 Å². The first-order chi connectivity index (χ1) is 8.58. The zero-order chi connectivity index (χ0) is 13.1. The molecule has 1 N–H and O–H groups in total. The normalized spacial score (nSPS) is 20.9.